The number of carbonyl (C=O) groups is 4. The second-order valence-corrected chi connectivity index (χ2v) is 10.5. The van der Waals surface area contributed by atoms with E-state index in [0.717, 1.165) is 37.6 Å². The quantitative estimate of drug-likeness (QED) is 0.198. The molecule has 2 aliphatic rings. The number of imide groups is 2. The van der Waals surface area contributed by atoms with Gasteiger partial charge in [0.2, 0.25) is 0 Å². The van der Waals surface area contributed by atoms with Gasteiger partial charge in [0.15, 0.2) is 0 Å². The number of benzene rings is 4. The molecule has 0 aromatic heterocycles. The Morgan fingerprint density at radius 2 is 0.886 bits per heavy atom. The molecule has 6 rings (SSSR count). The van der Waals surface area contributed by atoms with Crippen LogP contribution in [0, 0.1) is 0 Å². The largest absolute Gasteiger partial charge is 0.495 e. The van der Waals surface area contributed by atoms with Crippen molar-refractivity contribution in [3.05, 3.63) is 132 Å². The molecule has 0 N–H and O–H groups in total. The Kier molecular flexibility index (Phi) is 7.19. The molecule has 0 unspecified atom stereocenters. The van der Waals surface area contributed by atoms with Gasteiger partial charge in [-0.15, -0.1) is 0 Å². The maximum absolute atomic E-state index is 12.5. The van der Waals surface area contributed by atoms with E-state index in [1.165, 1.54) is 38.5 Å². The predicted octanol–water partition coefficient (Wildman–Crippen LogP) is 5.58. The van der Waals surface area contributed by atoms with Crippen molar-refractivity contribution in [1.82, 2.24) is 0 Å². The van der Waals surface area contributed by atoms with E-state index in [2.05, 4.69) is 31.2 Å². The highest BCUT2D eigenvalue weighted by Gasteiger charge is 2.36. The number of hydrogen-bond donors (Lipinski definition) is 0. The molecule has 0 bridgehead atoms. The minimum atomic E-state index is -0.818. The van der Waals surface area contributed by atoms with Crippen LogP contribution < -0.4 is 19.3 Å². The van der Waals surface area contributed by atoms with Gasteiger partial charge < -0.3 is 9.47 Å². The molecule has 0 saturated carbocycles. The van der Waals surface area contributed by atoms with Crippen LogP contribution in [0.5, 0.6) is 11.5 Å². The summed E-state index contributed by atoms with van der Waals surface area (Å²) in [5.74, 6) is -1.07. The number of carbonyl (C=O) groups excluding carboxylic acids is 4. The molecule has 0 aliphatic carbocycles. The van der Waals surface area contributed by atoms with Gasteiger partial charge in [-0.3, -0.25) is 19.2 Å². The maximum atomic E-state index is 12.5. The van der Waals surface area contributed by atoms with Gasteiger partial charge in [0.1, 0.15) is 11.5 Å². The minimum Gasteiger partial charge on any atom is -0.495 e. The summed E-state index contributed by atoms with van der Waals surface area (Å²) in [7, 11) is 2.98. The molecule has 0 spiro atoms. The molecule has 8 heteroatoms. The van der Waals surface area contributed by atoms with Gasteiger partial charge in [0.25, 0.3) is 23.6 Å². The summed E-state index contributed by atoms with van der Waals surface area (Å²) in [4.78, 5) is 52.1. The van der Waals surface area contributed by atoms with Crippen molar-refractivity contribution in [3.63, 3.8) is 0 Å². The molecule has 2 aliphatic heterocycles. The molecule has 8 nitrogen and oxygen atoms in total. The van der Waals surface area contributed by atoms with Crippen molar-refractivity contribution < 1.29 is 28.7 Å². The highest BCUT2D eigenvalue weighted by atomic mass is 16.5. The first-order chi connectivity index (χ1) is 21.3. The van der Waals surface area contributed by atoms with E-state index in [0.29, 0.717) is 22.9 Å². The number of nitrogens with zero attached hydrogens (tertiary/aromatic N) is 2. The minimum absolute atomic E-state index is 0.338. The first-order valence-electron chi connectivity index (χ1n) is 13.9. The zero-order chi connectivity index (χ0) is 31.0. The molecule has 4 amide bonds. The number of anilines is 2. The molecule has 4 aromatic rings. The van der Waals surface area contributed by atoms with Crippen LogP contribution in [-0.4, -0.2) is 37.8 Å². The fraction of sp³-hybridized carbons (Fsp3) is 0.111. The van der Waals surface area contributed by atoms with Crippen LogP contribution in [0.4, 0.5) is 11.4 Å². The van der Waals surface area contributed by atoms with Gasteiger partial charge in [-0.2, -0.15) is 0 Å². The predicted molar refractivity (Wildman–Crippen MR) is 167 cm³/mol. The van der Waals surface area contributed by atoms with Gasteiger partial charge in [-0.05, 0) is 59.0 Å². The Bertz CT molecular complexity index is 1750. The van der Waals surface area contributed by atoms with Gasteiger partial charge >= 0.3 is 0 Å². The Balaban J connectivity index is 1.51. The summed E-state index contributed by atoms with van der Waals surface area (Å²) < 4.78 is 11.4. The van der Waals surface area contributed by atoms with Crippen LogP contribution in [0.1, 0.15) is 23.6 Å². The highest BCUT2D eigenvalue weighted by Crippen LogP contribution is 2.45. The van der Waals surface area contributed by atoms with E-state index in [1.807, 2.05) is 54.6 Å². The summed E-state index contributed by atoms with van der Waals surface area (Å²) in [5.41, 5.74) is 4.54. The van der Waals surface area contributed by atoms with Crippen LogP contribution in [-0.2, 0) is 24.6 Å². The van der Waals surface area contributed by atoms with Crippen molar-refractivity contribution in [3.8, 4) is 22.6 Å². The van der Waals surface area contributed by atoms with E-state index < -0.39 is 29.0 Å². The van der Waals surface area contributed by atoms with Crippen molar-refractivity contribution in [2.45, 2.75) is 12.3 Å². The second kappa shape index (κ2) is 11.1. The molecule has 0 atom stereocenters. The van der Waals surface area contributed by atoms with E-state index >= 15 is 0 Å². The summed E-state index contributed by atoms with van der Waals surface area (Å²) in [6.45, 7) is 2.05. The van der Waals surface area contributed by atoms with Crippen LogP contribution in [0.15, 0.2) is 115 Å². The molecule has 0 fully saturated rings. The molecule has 44 heavy (non-hydrogen) atoms. The zero-order valence-corrected chi connectivity index (χ0v) is 24.3. The third kappa shape index (κ3) is 4.66. The number of rotatable bonds is 8. The number of amides is 4. The lowest BCUT2D eigenvalue weighted by Gasteiger charge is -2.34. The SMILES string of the molecule is COc1cc(C(C)(c2ccc(-c3ccccc3)cc2)c2ccc(N3C(=O)C=CC3=O)c(OC)c2)ccc1N1C(=O)C=CC1=O. The summed E-state index contributed by atoms with van der Waals surface area (Å²) in [6.07, 6.45) is 4.92. The van der Waals surface area contributed by atoms with Crippen molar-refractivity contribution in [2.24, 2.45) is 0 Å². The first kappa shape index (κ1) is 28.4. The molecule has 2 heterocycles. The van der Waals surface area contributed by atoms with E-state index in [9.17, 15) is 19.2 Å². The van der Waals surface area contributed by atoms with Gasteiger partial charge in [0.05, 0.1) is 25.6 Å². The Morgan fingerprint density at radius 3 is 1.30 bits per heavy atom. The van der Waals surface area contributed by atoms with Crippen LogP contribution >= 0.6 is 0 Å². The topological polar surface area (TPSA) is 93.2 Å². The van der Waals surface area contributed by atoms with Crippen molar-refractivity contribution in [2.75, 3.05) is 24.0 Å². The normalized spacial score (nSPS) is 14.6. The lowest BCUT2D eigenvalue weighted by atomic mass is 9.70. The lowest BCUT2D eigenvalue weighted by molar-refractivity contribution is -0.121. The van der Waals surface area contributed by atoms with E-state index in [1.54, 1.807) is 12.1 Å². The fourth-order valence-corrected chi connectivity index (χ4v) is 5.75. The molecular formula is C36H28N2O6. The van der Waals surface area contributed by atoms with Crippen LogP contribution in [0.2, 0.25) is 0 Å². The van der Waals surface area contributed by atoms with Crippen molar-refractivity contribution >= 4 is 35.0 Å². The number of methoxy groups -OCH3 is 2. The standard InChI is InChI=1S/C36H28N2O6/c1-36(25-11-9-24(10-12-25)23-7-5-4-6-8-23,26-13-15-28(30(21-26)43-2)37-32(39)17-18-33(37)40)27-14-16-29(31(22-27)44-3)38-34(41)19-20-35(38)42/h4-22H,1-3H3. The van der Waals surface area contributed by atoms with Gasteiger partial charge in [-0.25, -0.2) is 9.80 Å². The molecule has 218 valence electrons. The summed E-state index contributed by atoms with van der Waals surface area (Å²) >= 11 is 0. The average molecular weight is 585 g/mol. The van der Waals surface area contributed by atoms with E-state index in [4.69, 9.17) is 9.47 Å². The molecule has 0 saturated heterocycles. The van der Waals surface area contributed by atoms with Crippen LogP contribution in [0.25, 0.3) is 11.1 Å². The first-order valence-corrected chi connectivity index (χ1v) is 13.9. The maximum Gasteiger partial charge on any atom is 0.258 e. The zero-order valence-electron chi connectivity index (χ0n) is 24.3. The number of ether oxygens (including phenoxy) is 2. The summed E-state index contributed by atoms with van der Waals surface area (Å²) in [6, 6.07) is 29.0. The van der Waals surface area contributed by atoms with Gasteiger partial charge in [0, 0.05) is 29.7 Å². The Hall–Kier alpha value is -5.76. The highest BCUT2D eigenvalue weighted by molar-refractivity contribution is 6.29. The molecule has 0 radical (unpaired) electrons. The fourth-order valence-electron chi connectivity index (χ4n) is 5.75. The molecular weight excluding hydrogens is 556 g/mol. The Labute approximate surface area is 254 Å². The number of hydrogen-bond acceptors (Lipinski definition) is 6. The smallest absolute Gasteiger partial charge is 0.258 e. The lowest BCUT2D eigenvalue weighted by Crippen LogP contribution is -2.31. The third-order valence-electron chi connectivity index (χ3n) is 8.18. The molecule has 4 aromatic carbocycles. The second-order valence-electron chi connectivity index (χ2n) is 10.5. The van der Waals surface area contributed by atoms with Crippen LogP contribution in [0.3, 0.4) is 0 Å². The average Bonchev–Trinajstić information content (AvgIpc) is 3.58. The van der Waals surface area contributed by atoms with Crippen molar-refractivity contribution in [1.29, 1.82) is 0 Å². The monoisotopic (exact) mass is 584 g/mol. The van der Waals surface area contributed by atoms with E-state index in [-0.39, 0.29) is 0 Å². The summed E-state index contributed by atoms with van der Waals surface area (Å²) in [5, 5.41) is 0. The third-order valence-corrected chi connectivity index (χ3v) is 8.18. The Morgan fingerprint density at radius 1 is 0.500 bits per heavy atom. The van der Waals surface area contributed by atoms with Gasteiger partial charge in [-0.1, -0.05) is 66.7 Å².